The molecule has 5 heteroatoms. The number of aryl methyl sites for hydroxylation is 3. The van der Waals surface area contributed by atoms with Crippen molar-refractivity contribution in [3.8, 4) is 5.69 Å². The minimum absolute atomic E-state index is 0.249. The van der Waals surface area contributed by atoms with Gasteiger partial charge in [0.1, 0.15) is 0 Å². The van der Waals surface area contributed by atoms with E-state index in [1.165, 1.54) is 11.1 Å². The van der Waals surface area contributed by atoms with E-state index in [0.29, 0.717) is 11.4 Å². The van der Waals surface area contributed by atoms with Crippen LogP contribution in [0.2, 0.25) is 0 Å². The highest BCUT2D eigenvalue weighted by Gasteiger charge is 2.18. The summed E-state index contributed by atoms with van der Waals surface area (Å²) in [4.78, 5) is 12.6. The van der Waals surface area contributed by atoms with Crippen molar-refractivity contribution < 1.29 is 4.79 Å². The number of carbonyl (C=O) groups excluding carboxylic acids is 1. The van der Waals surface area contributed by atoms with Crippen molar-refractivity contribution >= 4 is 11.6 Å². The zero-order valence-corrected chi connectivity index (χ0v) is 15.2. The standard InChI is InChI=1S/C20H22N4O/c1-12-9-10-17(11-14(12)3)24-16(5)19(22-23-24)20(25)21-18-8-6-7-13(2)15(18)4/h6-11H,1-5H3,(H,21,25). The highest BCUT2D eigenvalue weighted by molar-refractivity contribution is 6.04. The fourth-order valence-corrected chi connectivity index (χ4v) is 2.71. The molecule has 128 valence electrons. The van der Waals surface area contributed by atoms with E-state index in [1.54, 1.807) is 4.68 Å². The fourth-order valence-electron chi connectivity index (χ4n) is 2.71. The van der Waals surface area contributed by atoms with Crippen molar-refractivity contribution in [2.24, 2.45) is 0 Å². The van der Waals surface area contributed by atoms with Crippen LogP contribution < -0.4 is 5.32 Å². The molecule has 0 unspecified atom stereocenters. The zero-order valence-electron chi connectivity index (χ0n) is 15.2. The molecular weight excluding hydrogens is 312 g/mol. The number of amides is 1. The van der Waals surface area contributed by atoms with Gasteiger partial charge in [0, 0.05) is 5.69 Å². The maximum Gasteiger partial charge on any atom is 0.278 e. The molecule has 1 amide bonds. The number of benzene rings is 2. The Morgan fingerprint density at radius 3 is 2.44 bits per heavy atom. The third-order valence-electron chi connectivity index (χ3n) is 4.70. The summed E-state index contributed by atoms with van der Waals surface area (Å²) in [7, 11) is 0. The fraction of sp³-hybridized carbons (Fsp3) is 0.250. The molecule has 0 saturated carbocycles. The first kappa shape index (κ1) is 16.9. The highest BCUT2D eigenvalue weighted by atomic mass is 16.2. The minimum atomic E-state index is -0.249. The maximum atomic E-state index is 12.6. The van der Waals surface area contributed by atoms with Crippen molar-refractivity contribution in [3.05, 3.63) is 70.0 Å². The molecule has 0 aliphatic rings. The monoisotopic (exact) mass is 334 g/mol. The average molecular weight is 334 g/mol. The molecule has 0 bridgehead atoms. The molecule has 3 aromatic rings. The Kier molecular flexibility index (Phi) is 4.40. The summed E-state index contributed by atoms with van der Waals surface area (Å²) in [6, 6.07) is 11.9. The lowest BCUT2D eigenvalue weighted by Gasteiger charge is -2.10. The Labute approximate surface area is 147 Å². The molecule has 0 spiro atoms. The summed E-state index contributed by atoms with van der Waals surface area (Å²) in [6.45, 7) is 9.98. The van der Waals surface area contributed by atoms with Crippen LogP contribution in [0.1, 0.15) is 38.4 Å². The van der Waals surface area contributed by atoms with Gasteiger partial charge in [0.15, 0.2) is 5.69 Å². The Bertz CT molecular complexity index is 956. The molecule has 3 rings (SSSR count). The highest BCUT2D eigenvalue weighted by Crippen LogP contribution is 2.20. The van der Waals surface area contributed by atoms with Crippen molar-refractivity contribution in [3.63, 3.8) is 0 Å². The third-order valence-corrected chi connectivity index (χ3v) is 4.70. The van der Waals surface area contributed by atoms with Gasteiger partial charge in [-0.1, -0.05) is 23.4 Å². The average Bonchev–Trinajstić information content (AvgIpc) is 2.96. The molecule has 0 atom stereocenters. The second-order valence-electron chi connectivity index (χ2n) is 6.41. The molecular formula is C20H22N4O. The van der Waals surface area contributed by atoms with Crippen LogP contribution in [0.4, 0.5) is 5.69 Å². The quantitative estimate of drug-likeness (QED) is 0.786. The van der Waals surface area contributed by atoms with Gasteiger partial charge in [-0.2, -0.15) is 0 Å². The van der Waals surface area contributed by atoms with Crippen LogP contribution in [0.3, 0.4) is 0 Å². The lowest BCUT2D eigenvalue weighted by Crippen LogP contribution is -2.15. The number of nitrogens with one attached hydrogen (secondary N) is 1. The molecule has 0 saturated heterocycles. The van der Waals surface area contributed by atoms with Crippen LogP contribution in [0.25, 0.3) is 5.69 Å². The van der Waals surface area contributed by atoms with Gasteiger partial charge in [-0.25, -0.2) is 4.68 Å². The van der Waals surface area contributed by atoms with E-state index >= 15 is 0 Å². The molecule has 5 nitrogen and oxygen atoms in total. The van der Waals surface area contributed by atoms with Crippen molar-refractivity contribution in [2.45, 2.75) is 34.6 Å². The van der Waals surface area contributed by atoms with E-state index < -0.39 is 0 Å². The number of anilines is 1. The van der Waals surface area contributed by atoms with Crippen molar-refractivity contribution in [1.29, 1.82) is 0 Å². The van der Waals surface area contributed by atoms with E-state index in [2.05, 4.69) is 29.5 Å². The van der Waals surface area contributed by atoms with Crippen LogP contribution in [-0.2, 0) is 0 Å². The summed E-state index contributed by atoms with van der Waals surface area (Å²) in [5.74, 6) is -0.249. The number of hydrogen-bond donors (Lipinski definition) is 1. The van der Waals surface area contributed by atoms with Gasteiger partial charge < -0.3 is 5.32 Å². The predicted octanol–water partition coefficient (Wildman–Crippen LogP) is 4.06. The smallest absolute Gasteiger partial charge is 0.278 e. The molecule has 0 aliphatic heterocycles. The van der Waals surface area contributed by atoms with Gasteiger partial charge in [-0.3, -0.25) is 4.79 Å². The molecule has 1 heterocycles. The van der Waals surface area contributed by atoms with Crippen LogP contribution in [0.5, 0.6) is 0 Å². The van der Waals surface area contributed by atoms with E-state index in [1.807, 2.05) is 57.2 Å². The molecule has 0 aliphatic carbocycles. The molecule has 25 heavy (non-hydrogen) atoms. The van der Waals surface area contributed by atoms with Gasteiger partial charge in [-0.05, 0) is 75.1 Å². The van der Waals surface area contributed by atoms with E-state index in [-0.39, 0.29) is 5.91 Å². The van der Waals surface area contributed by atoms with Gasteiger partial charge in [0.2, 0.25) is 0 Å². The summed E-state index contributed by atoms with van der Waals surface area (Å²) >= 11 is 0. The second-order valence-corrected chi connectivity index (χ2v) is 6.41. The second kappa shape index (κ2) is 6.51. The Morgan fingerprint density at radius 1 is 0.960 bits per heavy atom. The van der Waals surface area contributed by atoms with Crippen LogP contribution in [0.15, 0.2) is 36.4 Å². The summed E-state index contributed by atoms with van der Waals surface area (Å²) in [6.07, 6.45) is 0. The van der Waals surface area contributed by atoms with E-state index in [9.17, 15) is 4.79 Å². The molecule has 2 aromatic carbocycles. The van der Waals surface area contributed by atoms with Crippen molar-refractivity contribution in [1.82, 2.24) is 15.0 Å². The molecule has 1 N–H and O–H groups in total. The molecule has 0 radical (unpaired) electrons. The largest absolute Gasteiger partial charge is 0.320 e. The molecule has 1 aromatic heterocycles. The lowest BCUT2D eigenvalue weighted by atomic mass is 10.1. The first-order valence-electron chi connectivity index (χ1n) is 8.26. The number of rotatable bonds is 3. The lowest BCUT2D eigenvalue weighted by molar-refractivity contribution is 0.102. The molecule has 0 fully saturated rings. The Morgan fingerprint density at radius 2 is 1.72 bits per heavy atom. The number of carbonyl (C=O) groups is 1. The first-order valence-corrected chi connectivity index (χ1v) is 8.26. The Hall–Kier alpha value is -2.95. The minimum Gasteiger partial charge on any atom is -0.320 e. The van der Waals surface area contributed by atoms with E-state index in [0.717, 1.165) is 22.5 Å². The zero-order chi connectivity index (χ0) is 18.1. The topological polar surface area (TPSA) is 59.8 Å². The van der Waals surface area contributed by atoms with Crippen LogP contribution in [-0.4, -0.2) is 20.9 Å². The third kappa shape index (κ3) is 3.18. The number of aromatic nitrogens is 3. The summed E-state index contributed by atoms with van der Waals surface area (Å²) < 4.78 is 1.70. The summed E-state index contributed by atoms with van der Waals surface area (Å²) in [5.41, 5.74) is 7.32. The van der Waals surface area contributed by atoms with Gasteiger partial charge in [-0.15, -0.1) is 5.10 Å². The Balaban J connectivity index is 1.91. The number of hydrogen-bond acceptors (Lipinski definition) is 3. The predicted molar refractivity (Wildman–Crippen MR) is 99.4 cm³/mol. The van der Waals surface area contributed by atoms with E-state index in [4.69, 9.17) is 0 Å². The van der Waals surface area contributed by atoms with Crippen molar-refractivity contribution in [2.75, 3.05) is 5.32 Å². The SMILES string of the molecule is Cc1ccc(-n2nnc(C(=O)Nc3cccc(C)c3C)c2C)cc1C. The van der Waals surface area contributed by atoms with Crippen LogP contribution in [0, 0.1) is 34.6 Å². The van der Waals surface area contributed by atoms with Gasteiger partial charge in [0.05, 0.1) is 11.4 Å². The summed E-state index contributed by atoms with van der Waals surface area (Å²) in [5, 5.41) is 11.2. The maximum absolute atomic E-state index is 12.6. The first-order chi connectivity index (χ1) is 11.9. The van der Waals surface area contributed by atoms with Gasteiger partial charge in [0.25, 0.3) is 5.91 Å². The van der Waals surface area contributed by atoms with Crippen LogP contribution >= 0.6 is 0 Å². The van der Waals surface area contributed by atoms with Gasteiger partial charge >= 0.3 is 0 Å². The normalized spacial score (nSPS) is 10.8. The number of nitrogens with zero attached hydrogens (tertiary/aromatic N) is 3.